The van der Waals surface area contributed by atoms with Gasteiger partial charge in [0.15, 0.2) is 6.61 Å². The maximum atomic E-state index is 12.1. The predicted molar refractivity (Wildman–Crippen MR) is 89.3 cm³/mol. The Bertz CT molecular complexity index is 637. The topological polar surface area (TPSA) is 70.2 Å². The van der Waals surface area contributed by atoms with Gasteiger partial charge in [0.1, 0.15) is 5.75 Å². The van der Waals surface area contributed by atoms with Crippen molar-refractivity contribution in [2.75, 3.05) is 57.4 Å². The molecule has 0 saturated carbocycles. The number of nitrogens with zero attached hydrogens (tertiary/aromatic N) is 3. The fraction of sp³-hybridized carbons (Fsp3) is 0.533. The van der Waals surface area contributed by atoms with Crippen LogP contribution in [-0.2, 0) is 14.8 Å². The third kappa shape index (κ3) is 4.84. The first-order valence-electron chi connectivity index (χ1n) is 7.40. The highest BCUT2D eigenvalue weighted by Crippen LogP contribution is 2.20. The van der Waals surface area contributed by atoms with E-state index < -0.39 is 10.0 Å². The Labute approximate surface area is 137 Å². The van der Waals surface area contributed by atoms with Gasteiger partial charge in [0.25, 0.3) is 5.91 Å². The van der Waals surface area contributed by atoms with Gasteiger partial charge in [0, 0.05) is 33.2 Å². The molecule has 0 N–H and O–H groups in total. The van der Waals surface area contributed by atoms with Crippen LogP contribution in [0.2, 0.25) is 0 Å². The van der Waals surface area contributed by atoms with Crippen molar-refractivity contribution in [2.24, 2.45) is 0 Å². The predicted octanol–water partition coefficient (Wildman–Crippen LogP) is 0.235. The van der Waals surface area contributed by atoms with E-state index in [4.69, 9.17) is 4.74 Å². The molecular formula is C15H23N3O4S. The molecule has 0 radical (unpaired) electrons. The van der Waals surface area contributed by atoms with Gasteiger partial charge in [-0.25, -0.2) is 8.42 Å². The van der Waals surface area contributed by atoms with Crippen LogP contribution in [0, 0.1) is 0 Å². The third-order valence-corrected chi connectivity index (χ3v) is 5.12. The molecular weight excluding hydrogens is 318 g/mol. The molecule has 2 rings (SSSR count). The van der Waals surface area contributed by atoms with Crippen LogP contribution in [0.5, 0.6) is 5.75 Å². The second-order valence-corrected chi connectivity index (χ2v) is 7.71. The largest absolute Gasteiger partial charge is 0.484 e. The zero-order valence-electron chi connectivity index (χ0n) is 13.7. The number of likely N-dealkylation sites (N-methyl/N-ethyl adjacent to an activating group) is 1. The summed E-state index contributed by atoms with van der Waals surface area (Å²) in [5.74, 6) is 0.508. The summed E-state index contributed by atoms with van der Waals surface area (Å²) < 4.78 is 29.6. The van der Waals surface area contributed by atoms with E-state index in [-0.39, 0.29) is 12.5 Å². The minimum Gasteiger partial charge on any atom is -0.484 e. The highest BCUT2D eigenvalue weighted by molar-refractivity contribution is 7.92. The van der Waals surface area contributed by atoms with Gasteiger partial charge in [0.2, 0.25) is 10.0 Å². The molecule has 1 fully saturated rings. The Hall–Kier alpha value is -1.80. The number of carbonyl (C=O) groups is 1. The van der Waals surface area contributed by atoms with Gasteiger partial charge in [-0.2, -0.15) is 0 Å². The number of piperazine rings is 1. The number of hydrogen-bond donors (Lipinski definition) is 0. The summed E-state index contributed by atoms with van der Waals surface area (Å²) in [5, 5.41) is 0. The van der Waals surface area contributed by atoms with E-state index in [0.29, 0.717) is 11.4 Å². The zero-order chi connectivity index (χ0) is 17.0. The van der Waals surface area contributed by atoms with Gasteiger partial charge in [-0.3, -0.25) is 9.10 Å². The molecule has 8 heteroatoms. The summed E-state index contributed by atoms with van der Waals surface area (Å²) in [4.78, 5) is 16.1. The number of sulfonamides is 1. The third-order valence-electron chi connectivity index (χ3n) is 3.92. The van der Waals surface area contributed by atoms with E-state index in [9.17, 15) is 13.2 Å². The van der Waals surface area contributed by atoms with Crippen molar-refractivity contribution in [1.82, 2.24) is 9.80 Å². The second kappa shape index (κ2) is 7.18. The van der Waals surface area contributed by atoms with E-state index in [1.54, 1.807) is 29.2 Å². The molecule has 1 heterocycles. The van der Waals surface area contributed by atoms with Crippen molar-refractivity contribution in [3.8, 4) is 5.75 Å². The maximum Gasteiger partial charge on any atom is 0.260 e. The quantitative estimate of drug-likeness (QED) is 0.767. The van der Waals surface area contributed by atoms with Gasteiger partial charge >= 0.3 is 0 Å². The normalized spacial score (nSPS) is 16.2. The second-order valence-electron chi connectivity index (χ2n) is 5.70. The number of benzene rings is 1. The van der Waals surface area contributed by atoms with Crippen molar-refractivity contribution in [1.29, 1.82) is 0 Å². The van der Waals surface area contributed by atoms with E-state index in [2.05, 4.69) is 4.90 Å². The molecule has 0 spiro atoms. The van der Waals surface area contributed by atoms with Crippen LogP contribution in [0.3, 0.4) is 0 Å². The highest BCUT2D eigenvalue weighted by atomic mass is 32.2. The first-order valence-corrected chi connectivity index (χ1v) is 9.25. The monoisotopic (exact) mass is 341 g/mol. The molecule has 0 aromatic heterocycles. The molecule has 0 aliphatic carbocycles. The Morgan fingerprint density at radius 2 is 1.74 bits per heavy atom. The van der Waals surface area contributed by atoms with Gasteiger partial charge < -0.3 is 14.5 Å². The lowest BCUT2D eigenvalue weighted by molar-refractivity contribution is -0.134. The molecule has 1 aromatic rings. The lowest BCUT2D eigenvalue weighted by Crippen LogP contribution is -2.48. The standard InChI is InChI=1S/C15H23N3O4S/c1-16-8-10-18(11-9-16)15(19)12-22-14-6-4-13(5-7-14)17(2)23(3,20)21/h4-7H,8-12H2,1-3H3. The molecule has 1 amide bonds. The number of hydrogen-bond acceptors (Lipinski definition) is 5. The smallest absolute Gasteiger partial charge is 0.260 e. The minimum atomic E-state index is -3.29. The Morgan fingerprint density at radius 1 is 1.17 bits per heavy atom. The maximum absolute atomic E-state index is 12.1. The number of anilines is 1. The fourth-order valence-electron chi connectivity index (χ4n) is 2.24. The molecule has 1 aromatic carbocycles. The van der Waals surface area contributed by atoms with Crippen LogP contribution < -0.4 is 9.04 Å². The van der Waals surface area contributed by atoms with E-state index in [1.807, 2.05) is 7.05 Å². The van der Waals surface area contributed by atoms with Crippen LogP contribution >= 0.6 is 0 Å². The van der Waals surface area contributed by atoms with Crippen LogP contribution in [0.25, 0.3) is 0 Å². The van der Waals surface area contributed by atoms with Gasteiger partial charge in [-0.05, 0) is 31.3 Å². The summed E-state index contributed by atoms with van der Waals surface area (Å²) in [5.41, 5.74) is 0.547. The summed E-state index contributed by atoms with van der Waals surface area (Å²) in [6, 6.07) is 6.62. The number of amides is 1. The minimum absolute atomic E-state index is 0.00895. The molecule has 7 nitrogen and oxygen atoms in total. The summed E-state index contributed by atoms with van der Waals surface area (Å²) in [7, 11) is 0.238. The molecule has 1 aliphatic heterocycles. The Morgan fingerprint density at radius 3 is 2.26 bits per heavy atom. The lowest BCUT2D eigenvalue weighted by Gasteiger charge is -2.32. The van der Waals surface area contributed by atoms with Crippen molar-refractivity contribution in [2.45, 2.75) is 0 Å². The lowest BCUT2D eigenvalue weighted by atomic mass is 10.3. The van der Waals surface area contributed by atoms with Crippen molar-refractivity contribution in [3.05, 3.63) is 24.3 Å². The van der Waals surface area contributed by atoms with Crippen molar-refractivity contribution in [3.63, 3.8) is 0 Å². The highest BCUT2D eigenvalue weighted by Gasteiger charge is 2.19. The molecule has 0 bridgehead atoms. The van der Waals surface area contributed by atoms with Gasteiger partial charge in [-0.15, -0.1) is 0 Å². The zero-order valence-corrected chi connectivity index (χ0v) is 14.5. The average molecular weight is 341 g/mol. The van der Waals surface area contributed by atoms with Crippen LogP contribution in [-0.4, -0.2) is 77.3 Å². The van der Waals surface area contributed by atoms with Crippen molar-refractivity contribution < 1.29 is 17.9 Å². The number of carbonyl (C=O) groups excluding carboxylic acids is 1. The van der Waals surface area contributed by atoms with E-state index in [0.717, 1.165) is 32.4 Å². The summed E-state index contributed by atoms with van der Waals surface area (Å²) in [6.07, 6.45) is 1.14. The Kier molecular flexibility index (Phi) is 5.48. The van der Waals surface area contributed by atoms with Crippen LogP contribution in [0.4, 0.5) is 5.69 Å². The number of rotatable bonds is 5. The average Bonchev–Trinajstić information content (AvgIpc) is 2.52. The first kappa shape index (κ1) is 17.6. The summed E-state index contributed by atoms with van der Waals surface area (Å²) in [6.45, 7) is 3.18. The van der Waals surface area contributed by atoms with E-state index >= 15 is 0 Å². The van der Waals surface area contributed by atoms with Gasteiger partial charge in [-0.1, -0.05) is 0 Å². The summed E-state index contributed by atoms with van der Waals surface area (Å²) >= 11 is 0. The molecule has 1 saturated heterocycles. The molecule has 1 aliphatic rings. The molecule has 128 valence electrons. The van der Waals surface area contributed by atoms with Gasteiger partial charge in [0.05, 0.1) is 11.9 Å². The molecule has 0 atom stereocenters. The number of ether oxygens (including phenoxy) is 1. The van der Waals surface area contributed by atoms with Crippen molar-refractivity contribution >= 4 is 21.6 Å². The van der Waals surface area contributed by atoms with E-state index in [1.165, 1.54) is 11.4 Å². The Balaban J connectivity index is 1.88. The SMILES string of the molecule is CN1CCN(C(=O)COc2ccc(N(C)S(C)(=O)=O)cc2)CC1. The fourth-order valence-corrected chi connectivity index (χ4v) is 2.74. The molecule has 23 heavy (non-hydrogen) atoms. The van der Waals surface area contributed by atoms with Crippen LogP contribution in [0.15, 0.2) is 24.3 Å². The first-order chi connectivity index (χ1) is 10.8. The van der Waals surface area contributed by atoms with Crippen LogP contribution in [0.1, 0.15) is 0 Å². The molecule has 0 unspecified atom stereocenters.